The summed E-state index contributed by atoms with van der Waals surface area (Å²) < 4.78 is 0. The van der Waals surface area contributed by atoms with Gasteiger partial charge in [0.05, 0.1) is 6.54 Å². The highest BCUT2D eigenvalue weighted by atomic mass is 14.8. The highest BCUT2D eigenvalue weighted by Gasteiger charge is 1.83. The third kappa shape index (κ3) is 2.94. The summed E-state index contributed by atoms with van der Waals surface area (Å²) in [5.41, 5.74) is 1.09. The van der Waals surface area contributed by atoms with Crippen LogP contribution in [0.15, 0.2) is 43.0 Å². The maximum absolute atomic E-state index is 3.50. The van der Waals surface area contributed by atoms with Crippen molar-refractivity contribution in [2.75, 3.05) is 11.9 Å². The average Bonchev–Trinajstić information content (AvgIpc) is 2.14. The molecule has 0 saturated heterocycles. The zero-order valence-electron chi connectivity index (χ0n) is 6.88. The molecule has 0 saturated carbocycles. The van der Waals surface area contributed by atoms with Crippen molar-refractivity contribution >= 4 is 5.69 Å². The van der Waals surface area contributed by atoms with Gasteiger partial charge in [0, 0.05) is 5.69 Å². The predicted octanol–water partition coefficient (Wildman–Crippen LogP) is 2.29. The molecule has 1 N–H and O–H groups in total. The monoisotopic (exact) mass is 157 g/mol. The van der Waals surface area contributed by atoms with E-state index in [0.29, 0.717) is 6.54 Å². The normalized spacial score (nSPS) is 8.00. The fourth-order valence-electron chi connectivity index (χ4n) is 0.825. The van der Waals surface area contributed by atoms with Gasteiger partial charge in [0.1, 0.15) is 0 Å². The van der Waals surface area contributed by atoms with E-state index in [-0.39, 0.29) is 0 Å². The smallest absolute Gasteiger partial charge is 0.0769 e. The van der Waals surface area contributed by atoms with Gasteiger partial charge in [-0.3, -0.25) is 0 Å². The largest absolute Gasteiger partial charge is 0.374 e. The molecule has 0 spiro atoms. The number of anilines is 1. The van der Waals surface area contributed by atoms with Gasteiger partial charge in [-0.1, -0.05) is 36.6 Å². The molecule has 0 amide bonds. The van der Waals surface area contributed by atoms with Crippen molar-refractivity contribution in [3.63, 3.8) is 0 Å². The molecule has 1 aromatic rings. The standard InChI is InChI=1S/C11H11N/c1-2-3-7-10-12-11-8-5-4-6-9-11/h2,4-6,8-9,12H,1,10H2. The molecular formula is C11H11N. The number of nitrogens with one attached hydrogen (secondary N) is 1. The van der Waals surface area contributed by atoms with Gasteiger partial charge in [-0.05, 0) is 18.2 Å². The van der Waals surface area contributed by atoms with E-state index in [2.05, 4.69) is 23.7 Å². The molecule has 0 bridgehead atoms. The van der Waals surface area contributed by atoms with Gasteiger partial charge in [-0.25, -0.2) is 0 Å². The molecule has 0 heterocycles. The lowest BCUT2D eigenvalue weighted by Gasteiger charge is -1.99. The van der Waals surface area contributed by atoms with Gasteiger partial charge in [-0.15, -0.1) is 0 Å². The Morgan fingerprint density at radius 1 is 1.33 bits per heavy atom. The minimum atomic E-state index is 0.663. The number of hydrogen-bond acceptors (Lipinski definition) is 1. The third-order valence-corrected chi connectivity index (χ3v) is 1.36. The summed E-state index contributed by atoms with van der Waals surface area (Å²) in [4.78, 5) is 0. The van der Waals surface area contributed by atoms with Crippen LogP contribution in [0, 0.1) is 11.8 Å². The van der Waals surface area contributed by atoms with E-state index in [1.54, 1.807) is 6.08 Å². The summed E-state index contributed by atoms with van der Waals surface area (Å²) in [6.45, 7) is 4.17. The number of rotatable bonds is 2. The van der Waals surface area contributed by atoms with E-state index >= 15 is 0 Å². The second-order valence-corrected chi connectivity index (χ2v) is 2.24. The van der Waals surface area contributed by atoms with Crippen LogP contribution >= 0.6 is 0 Å². The number of para-hydroxylation sites is 1. The SMILES string of the molecule is C=CC#CCNc1ccccc1. The lowest BCUT2D eigenvalue weighted by Crippen LogP contribution is -1.97. The quantitative estimate of drug-likeness (QED) is 0.649. The van der Waals surface area contributed by atoms with Gasteiger partial charge in [-0.2, -0.15) is 0 Å². The Morgan fingerprint density at radius 2 is 2.08 bits per heavy atom. The molecule has 0 fully saturated rings. The van der Waals surface area contributed by atoms with Gasteiger partial charge >= 0.3 is 0 Å². The Labute approximate surface area is 73.1 Å². The first-order valence-corrected chi connectivity index (χ1v) is 3.81. The van der Waals surface area contributed by atoms with Crippen molar-refractivity contribution in [2.45, 2.75) is 0 Å². The fraction of sp³-hybridized carbons (Fsp3) is 0.0909. The van der Waals surface area contributed by atoms with Crippen molar-refractivity contribution in [1.82, 2.24) is 0 Å². The summed E-state index contributed by atoms with van der Waals surface area (Å²) in [5.74, 6) is 5.67. The summed E-state index contributed by atoms with van der Waals surface area (Å²) in [5, 5.41) is 3.16. The summed E-state index contributed by atoms with van der Waals surface area (Å²) in [6, 6.07) is 9.98. The fourth-order valence-corrected chi connectivity index (χ4v) is 0.825. The van der Waals surface area contributed by atoms with E-state index in [0.717, 1.165) is 5.69 Å². The number of allylic oxidation sites excluding steroid dienone is 1. The maximum Gasteiger partial charge on any atom is 0.0769 e. The summed E-state index contributed by atoms with van der Waals surface area (Å²) in [6.07, 6.45) is 1.59. The number of hydrogen-bond donors (Lipinski definition) is 1. The molecule has 0 aliphatic rings. The van der Waals surface area contributed by atoms with Crippen molar-refractivity contribution < 1.29 is 0 Å². The molecule has 0 aromatic heterocycles. The van der Waals surface area contributed by atoms with E-state index in [1.165, 1.54) is 0 Å². The molecular weight excluding hydrogens is 146 g/mol. The first-order chi connectivity index (χ1) is 5.93. The topological polar surface area (TPSA) is 12.0 Å². The molecule has 1 aromatic carbocycles. The van der Waals surface area contributed by atoms with Crippen LogP contribution in [0.2, 0.25) is 0 Å². The molecule has 12 heavy (non-hydrogen) atoms. The molecule has 0 radical (unpaired) electrons. The minimum absolute atomic E-state index is 0.663. The van der Waals surface area contributed by atoms with Crippen LogP contribution < -0.4 is 5.32 Å². The van der Waals surface area contributed by atoms with Crippen LogP contribution in [0.25, 0.3) is 0 Å². The zero-order valence-corrected chi connectivity index (χ0v) is 6.88. The molecule has 0 atom stereocenters. The maximum atomic E-state index is 3.50. The summed E-state index contributed by atoms with van der Waals surface area (Å²) >= 11 is 0. The molecule has 0 unspecified atom stereocenters. The molecule has 0 aliphatic heterocycles. The Balaban J connectivity index is 2.38. The minimum Gasteiger partial charge on any atom is -0.374 e. The van der Waals surface area contributed by atoms with Crippen LogP contribution in [0.1, 0.15) is 0 Å². The average molecular weight is 157 g/mol. The lowest BCUT2D eigenvalue weighted by molar-refractivity contribution is 1.38. The first-order valence-electron chi connectivity index (χ1n) is 3.81. The first kappa shape index (κ1) is 8.42. The van der Waals surface area contributed by atoms with Crippen LogP contribution in [0.5, 0.6) is 0 Å². The summed E-state index contributed by atoms with van der Waals surface area (Å²) in [7, 11) is 0. The molecule has 60 valence electrons. The van der Waals surface area contributed by atoms with Crippen molar-refractivity contribution in [1.29, 1.82) is 0 Å². The van der Waals surface area contributed by atoms with Crippen LogP contribution in [-0.2, 0) is 0 Å². The van der Waals surface area contributed by atoms with Crippen LogP contribution in [0.4, 0.5) is 5.69 Å². The Bertz CT molecular complexity index is 290. The zero-order chi connectivity index (χ0) is 8.65. The van der Waals surface area contributed by atoms with E-state index in [9.17, 15) is 0 Å². The third-order valence-electron chi connectivity index (χ3n) is 1.36. The van der Waals surface area contributed by atoms with Crippen LogP contribution in [0.3, 0.4) is 0 Å². The second kappa shape index (κ2) is 5.03. The van der Waals surface area contributed by atoms with Gasteiger partial charge in [0.15, 0.2) is 0 Å². The van der Waals surface area contributed by atoms with E-state index in [4.69, 9.17) is 0 Å². The molecule has 1 nitrogen and oxygen atoms in total. The van der Waals surface area contributed by atoms with Gasteiger partial charge in [0.25, 0.3) is 0 Å². The molecule has 1 heteroatoms. The van der Waals surface area contributed by atoms with Crippen LogP contribution in [-0.4, -0.2) is 6.54 Å². The van der Waals surface area contributed by atoms with Gasteiger partial charge < -0.3 is 5.32 Å². The van der Waals surface area contributed by atoms with E-state index < -0.39 is 0 Å². The Hall–Kier alpha value is -1.68. The van der Waals surface area contributed by atoms with Crippen molar-refractivity contribution in [3.8, 4) is 11.8 Å². The highest BCUT2D eigenvalue weighted by molar-refractivity contribution is 5.43. The van der Waals surface area contributed by atoms with Crippen molar-refractivity contribution in [3.05, 3.63) is 43.0 Å². The van der Waals surface area contributed by atoms with E-state index in [1.807, 2.05) is 30.3 Å². The Morgan fingerprint density at radius 3 is 2.75 bits per heavy atom. The second-order valence-electron chi connectivity index (χ2n) is 2.24. The number of benzene rings is 1. The highest BCUT2D eigenvalue weighted by Crippen LogP contribution is 2.02. The molecule has 1 rings (SSSR count). The van der Waals surface area contributed by atoms with Crippen molar-refractivity contribution in [2.24, 2.45) is 0 Å². The lowest BCUT2D eigenvalue weighted by atomic mass is 10.3. The predicted molar refractivity (Wildman–Crippen MR) is 52.9 cm³/mol. The Kier molecular flexibility index (Phi) is 3.53. The molecule has 0 aliphatic carbocycles. The van der Waals surface area contributed by atoms with Gasteiger partial charge in [0.2, 0.25) is 0 Å².